The molecule has 0 aliphatic rings. The maximum Gasteiger partial charge on any atom is 0.151 e. The first-order chi connectivity index (χ1) is 7.56. The first kappa shape index (κ1) is 10.8. The third kappa shape index (κ3) is 2.46. The zero-order valence-electron chi connectivity index (χ0n) is 8.71. The van der Waals surface area contributed by atoms with Gasteiger partial charge in [-0.05, 0) is 5.56 Å². The number of aromatic amines is 1. The van der Waals surface area contributed by atoms with Crippen LogP contribution in [0, 0.1) is 0 Å². The summed E-state index contributed by atoms with van der Waals surface area (Å²) in [7, 11) is -3.05. The van der Waals surface area contributed by atoms with Gasteiger partial charge in [-0.1, -0.05) is 24.3 Å². The molecule has 0 aliphatic heterocycles. The van der Waals surface area contributed by atoms with E-state index in [9.17, 15) is 8.42 Å². The molecule has 1 aromatic heterocycles. The monoisotopic (exact) mass is 237 g/mol. The lowest BCUT2D eigenvalue weighted by Crippen LogP contribution is -2.02. The predicted molar refractivity (Wildman–Crippen MR) is 60.4 cm³/mol. The number of nitrogens with zero attached hydrogens (tertiary/aromatic N) is 2. The normalized spacial score (nSPS) is 11.6. The van der Waals surface area contributed by atoms with E-state index in [1.165, 1.54) is 6.26 Å². The van der Waals surface area contributed by atoms with E-state index in [1.807, 2.05) is 18.2 Å². The van der Waals surface area contributed by atoms with Crippen molar-refractivity contribution in [2.75, 3.05) is 6.26 Å². The van der Waals surface area contributed by atoms with Crippen molar-refractivity contribution < 1.29 is 8.42 Å². The van der Waals surface area contributed by atoms with Gasteiger partial charge in [0.1, 0.15) is 5.69 Å². The Hall–Kier alpha value is -1.69. The molecule has 0 bridgehead atoms. The topological polar surface area (TPSA) is 75.7 Å². The van der Waals surface area contributed by atoms with Crippen LogP contribution in [0.5, 0.6) is 0 Å². The van der Waals surface area contributed by atoms with Crippen LogP contribution in [0.1, 0.15) is 5.56 Å². The Morgan fingerprint density at radius 3 is 2.69 bits per heavy atom. The van der Waals surface area contributed by atoms with Crippen molar-refractivity contribution in [3.8, 4) is 11.3 Å². The minimum absolute atomic E-state index is 0.00995. The zero-order chi connectivity index (χ0) is 11.6. The Kier molecular flexibility index (Phi) is 2.74. The Labute approximate surface area is 93.4 Å². The minimum Gasteiger partial charge on any atom is -0.229 e. The molecule has 1 aromatic carbocycles. The molecule has 0 spiro atoms. The van der Waals surface area contributed by atoms with Crippen LogP contribution in [0.2, 0.25) is 0 Å². The molecule has 0 radical (unpaired) electrons. The summed E-state index contributed by atoms with van der Waals surface area (Å²) in [6.07, 6.45) is 2.79. The van der Waals surface area contributed by atoms with Crippen LogP contribution in [-0.2, 0) is 15.6 Å². The summed E-state index contributed by atoms with van der Waals surface area (Å²) in [5.41, 5.74) is 2.18. The fourth-order valence-electron chi connectivity index (χ4n) is 1.51. The van der Waals surface area contributed by atoms with E-state index >= 15 is 0 Å². The van der Waals surface area contributed by atoms with Gasteiger partial charge in [-0.2, -0.15) is 15.4 Å². The van der Waals surface area contributed by atoms with E-state index in [2.05, 4.69) is 15.4 Å². The van der Waals surface area contributed by atoms with Gasteiger partial charge in [-0.3, -0.25) is 0 Å². The van der Waals surface area contributed by atoms with Gasteiger partial charge < -0.3 is 0 Å². The number of H-pyrrole nitrogens is 1. The van der Waals surface area contributed by atoms with Gasteiger partial charge >= 0.3 is 0 Å². The van der Waals surface area contributed by atoms with Gasteiger partial charge in [-0.15, -0.1) is 0 Å². The van der Waals surface area contributed by atoms with Crippen LogP contribution in [-0.4, -0.2) is 30.1 Å². The molecule has 2 aromatic rings. The van der Waals surface area contributed by atoms with Gasteiger partial charge in [0.05, 0.1) is 11.9 Å². The Balaban J connectivity index is 2.47. The Bertz CT molecular complexity index is 576. The van der Waals surface area contributed by atoms with Crippen LogP contribution in [0.3, 0.4) is 0 Å². The molecule has 0 unspecified atom stereocenters. The molecule has 16 heavy (non-hydrogen) atoms. The lowest BCUT2D eigenvalue weighted by molar-refractivity contribution is 0.601. The Morgan fingerprint density at radius 1 is 1.31 bits per heavy atom. The highest BCUT2D eigenvalue weighted by molar-refractivity contribution is 7.89. The Morgan fingerprint density at radius 2 is 2.06 bits per heavy atom. The molecule has 1 heterocycles. The van der Waals surface area contributed by atoms with Gasteiger partial charge in [0.25, 0.3) is 0 Å². The van der Waals surface area contributed by atoms with E-state index in [0.717, 1.165) is 11.1 Å². The highest BCUT2D eigenvalue weighted by Gasteiger charge is 2.11. The smallest absolute Gasteiger partial charge is 0.151 e. The number of rotatable bonds is 3. The lowest BCUT2D eigenvalue weighted by Gasteiger charge is -2.05. The summed E-state index contributed by atoms with van der Waals surface area (Å²) in [5, 5.41) is 10.2. The van der Waals surface area contributed by atoms with Crippen LogP contribution >= 0.6 is 0 Å². The lowest BCUT2D eigenvalue weighted by atomic mass is 10.1. The molecule has 0 aliphatic carbocycles. The molecule has 0 saturated carbocycles. The number of aromatic nitrogens is 3. The maximum absolute atomic E-state index is 11.3. The van der Waals surface area contributed by atoms with Crippen molar-refractivity contribution in [2.24, 2.45) is 0 Å². The number of hydrogen-bond acceptors (Lipinski definition) is 4. The number of nitrogens with one attached hydrogen (secondary N) is 1. The van der Waals surface area contributed by atoms with Crippen molar-refractivity contribution in [3.63, 3.8) is 0 Å². The van der Waals surface area contributed by atoms with Crippen molar-refractivity contribution in [3.05, 3.63) is 36.0 Å². The van der Waals surface area contributed by atoms with E-state index in [1.54, 1.807) is 12.3 Å². The second-order valence-electron chi connectivity index (χ2n) is 3.58. The third-order valence-corrected chi connectivity index (χ3v) is 2.96. The molecule has 1 N–H and O–H groups in total. The highest BCUT2D eigenvalue weighted by atomic mass is 32.2. The van der Waals surface area contributed by atoms with Gasteiger partial charge in [0.15, 0.2) is 9.84 Å². The van der Waals surface area contributed by atoms with Crippen LogP contribution in [0.15, 0.2) is 30.5 Å². The summed E-state index contributed by atoms with van der Waals surface area (Å²) in [6.45, 7) is 0. The molecular weight excluding hydrogens is 226 g/mol. The second-order valence-corrected chi connectivity index (χ2v) is 5.72. The summed E-state index contributed by atoms with van der Waals surface area (Å²) in [6, 6.07) is 7.27. The first-order valence-corrected chi connectivity index (χ1v) is 6.74. The number of sulfone groups is 1. The number of benzene rings is 1. The summed E-state index contributed by atoms with van der Waals surface area (Å²) in [5.74, 6) is 0.00995. The molecule has 0 amide bonds. The van der Waals surface area contributed by atoms with Gasteiger partial charge in [-0.25, -0.2) is 8.42 Å². The molecule has 6 heteroatoms. The van der Waals surface area contributed by atoms with Crippen molar-refractivity contribution in [2.45, 2.75) is 5.75 Å². The zero-order valence-corrected chi connectivity index (χ0v) is 9.53. The van der Waals surface area contributed by atoms with Crippen LogP contribution < -0.4 is 0 Å². The fourth-order valence-corrected chi connectivity index (χ4v) is 2.33. The van der Waals surface area contributed by atoms with E-state index in [0.29, 0.717) is 5.69 Å². The quantitative estimate of drug-likeness (QED) is 0.864. The largest absolute Gasteiger partial charge is 0.229 e. The third-order valence-electron chi connectivity index (χ3n) is 2.13. The standard InChI is InChI=1S/C10H11N3O2S/c1-16(14,15)7-8-4-2-3-5-9(8)10-6-11-13-12-10/h2-6H,7H2,1H3,(H,11,12,13). The average molecular weight is 237 g/mol. The highest BCUT2D eigenvalue weighted by Crippen LogP contribution is 2.22. The molecule has 2 rings (SSSR count). The summed E-state index contributed by atoms with van der Waals surface area (Å²) >= 11 is 0. The molecule has 0 fully saturated rings. The molecule has 5 nitrogen and oxygen atoms in total. The predicted octanol–water partition coefficient (Wildman–Crippen LogP) is 1.02. The van der Waals surface area contributed by atoms with Crippen LogP contribution in [0.25, 0.3) is 11.3 Å². The average Bonchev–Trinajstić information content (AvgIpc) is 2.69. The summed E-state index contributed by atoms with van der Waals surface area (Å²) in [4.78, 5) is 0. The number of hydrogen-bond donors (Lipinski definition) is 1. The van der Waals surface area contributed by atoms with Gasteiger partial charge in [0, 0.05) is 11.8 Å². The first-order valence-electron chi connectivity index (χ1n) is 4.68. The van der Waals surface area contributed by atoms with E-state index in [4.69, 9.17) is 0 Å². The van der Waals surface area contributed by atoms with Gasteiger partial charge in [0.2, 0.25) is 0 Å². The molecular formula is C10H11N3O2S. The SMILES string of the molecule is CS(=O)(=O)Cc1ccccc1-c1cn[nH]n1. The molecule has 84 valence electrons. The van der Waals surface area contributed by atoms with E-state index < -0.39 is 9.84 Å². The maximum atomic E-state index is 11.3. The van der Waals surface area contributed by atoms with Crippen molar-refractivity contribution in [1.82, 2.24) is 15.4 Å². The van der Waals surface area contributed by atoms with Crippen LogP contribution in [0.4, 0.5) is 0 Å². The molecule has 0 saturated heterocycles. The molecule has 0 atom stereocenters. The fraction of sp³-hybridized carbons (Fsp3) is 0.200. The summed E-state index contributed by atoms with van der Waals surface area (Å²) < 4.78 is 22.6. The second kappa shape index (κ2) is 4.05. The van der Waals surface area contributed by atoms with Crippen molar-refractivity contribution in [1.29, 1.82) is 0 Å². The van der Waals surface area contributed by atoms with E-state index in [-0.39, 0.29) is 5.75 Å². The van der Waals surface area contributed by atoms with Crippen molar-refractivity contribution >= 4 is 9.84 Å². The minimum atomic E-state index is -3.05.